The Morgan fingerprint density at radius 1 is 1.14 bits per heavy atom. The second-order valence-corrected chi connectivity index (χ2v) is 4.60. The minimum Gasteiger partial charge on any atom is -0.478 e. The smallest absolute Gasteiger partial charge is 0.174 e. The molecule has 102 valence electrons. The van der Waals surface area contributed by atoms with Crippen LogP contribution >= 0.6 is 11.6 Å². The molecule has 2 rings (SSSR count). The van der Waals surface area contributed by atoms with Gasteiger partial charge in [0.05, 0.1) is 11.6 Å². The standard InChI is InChI=1S/C17H11ClN2O/c18-16-6-3-5-13(11-16)15(12-20)10-14-4-1-2-7-17(14)21-9-8-19/h1-7,10-11H,9H2/b15-10-. The summed E-state index contributed by atoms with van der Waals surface area (Å²) < 4.78 is 5.35. The summed E-state index contributed by atoms with van der Waals surface area (Å²) in [5.41, 5.74) is 1.95. The number of nitriles is 2. The molecule has 0 aliphatic carbocycles. The summed E-state index contributed by atoms with van der Waals surface area (Å²) >= 11 is 5.95. The van der Waals surface area contributed by atoms with Crippen molar-refractivity contribution in [2.24, 2.45) is 0 Å². The number of benzene rings is 2. The molecule has 0 aliphatic heterocycles. The first-order chi connectivity index (χ1) is 10.2. The number of hydrogen-bond donors (Lipinski definition) is 0. The van der Waals surface area contributed by atoms with Crippen LogP contribution in [-0.4, -0.2) is 6.61 Å². The van der Waals surface area contributed by atoms with Crippen molar-refractivity contribution in [3.63, 3.8) is 0 Å². The maximum absolute atomic E-state index is 9.34. The molecule has 0 fully saturated rings. The van der Waals surface area contributed by atoms with Gasteiger partial charge in [-0.3, -0.25) is 0 Å². The molecule has 0 amide bonds. The van der Waals surface area contributed by atoms with Gasteiger partial charge >= 0.3 is 0 Å². The van der Waals surface area contributed by atoms with Gasteiger partial charge in [-0.05, 0) is 29.8 Å². The first-order valence-electron chi connectivity index (χ1n) is 6.21. The Morgan fingerprint density at radius 2 is 1.95 bits per heavy atom. The molecule has 2 aromatic rings. The lowest BCUT2D eigenvalue weighted by molar-refractivity contribution is 0.367. The highest BCUT2D eigenvalue weighted by atomic mass is 35.5. The van der Waals surface area contributed by atoms with E-state index in [1.807, 2.05) is 30.3 Å². The molecular formula is C17H11ClN2O. The van der Waals surface area contributed by atoms with Gasteiger partial charge < -0.3 is 4.74 Å². The SMILES string of the molecule is N#CCOc1ccccc1/C=C(/C#N)c1cccc(Cl)c1. The Balaban J connectivity index is 2.42. The quantitative estimate of drug-likeness (QED) is 0.624. The Labute approximate surface area is 128 Å². The lowest BCUT2D eigenvalue weighted by atomic mass is 10.0. The third kappa shape index (κ3) is 3.86. The lowest BCUT2D eigenvalue weighted by Gasteiger charge is -2.06. The summed E-state index contributed by atoms with van der Waals surface area (Å²) in [7, 11) is 0. The summed E-state index contributed by atoms with van der Waals surface area (Å²) in [6, 6.07) is 18.4. The van der Waals surface area contributed by atoms with E-state index in [0.717, 1.165) is 11.1 Å². The summed E-state index contributed by atoms with van der Waals surface area (Å²) in [5.74, 6) is 0.564. The van der Waals surface area contributed by atoms with Gasteiger partial charge in [-0.1, -0.05) is 41.9 Å². The van der Waals surface area contributed by atoms with Crippen LogP contribution in [-0.2, 0) is 0 Å². The zero-order valence-electron chi connectivity index (χ0n) is 11.1. The maximum atomic E-state index is 9.34. The van der Waals surface area contributed by atoms with Crippen LogP contribution in [0, 0.1) is 22.7 Å². The van der Waals surface area contributed by atoms with Crippen LogP contribution in [0.5, 0.6) is 5.75 Å². The van der Waals surface area contributed by atoms with E-state index in [0.29, 0.717) is 16.3 Å². The Morgan fingerprint density at radius 3 is 2.67 bits per heavy atom. The monoisotopic (exact) mass is 294 g/mol. The van der Waals surface area contributed by atoms with Crippen LogP contribution in [0.3, 0.4) is 0 Å². The Hall–Kier alpha value is -2.75. The average molecular weight is 295 g/mol. The largest absolute Gasteiger partial charge is 0.478 e. The van der Waals surface area contributed by atoms with Crippen molar-refractivity contribution >= 4 is 23.3 Å². The number of ether oxygens (including phenoxy) is 1. The van der Waals surface area contributed by atoms with E-state index in [1.165, 1.54) is 0 Å². The van der Waals surface area contributed by atoms with Crippen molar-refractivity contribution in [1.82, 2.24) is 0 Å². The van der Waals surface area contributed by atoms with Crippen molar-refractivity contribution in [3.05, 3.63) is 64.7 Å². The highest BCUT2D eigenvalue weighted by molar-refractivity contribution is 6.30. The average Bonchev–Trinajstić information content (AvgIpc) is 2.51. The number of halogens is 1. The van der Waals surface area contributed by atoms with Gasteiger partial charge in [0.25, 0.3) is 0 Å². The molecule has 0 saturated heterocycles. The minimum atomic E-state index is -0.0378. The van der Waals surface area contributed by atoms with E-state index >= 15 is 0 Å². The highest BCUT2D eigenvalue weighted by Crippen LogP contribution is 2.25. The van der Waals surface area contributed by atoms with Crippen LogP contribution < -0.4 is 4.74 Å². The van der Waals surface area contributed by atoms with Gasteiger partial charge in [-0.25, -0.2) is 0 Å². The summed E-state index contributed by atoms with van der Waals surface area (Å²) in [6.45, 7) is -0.0378. The molecule has 2 aromatic carbocycles. The van der Waals surface area contributed by atoms with Gasteiger partial charge in [0.1, 0.15) is 11.8 Å². The molecular weight excluding hydrogens is 284 g/mol. The molecule has 0 aliphatic rings. The number of nitrogens with zero attached hydrogens (tertiary/aromatic N) is 2. The fourth-order valence-corrected chi connectivity index (χ4v) is 2.02. The van der Waals surface area contributed by atoms with Crippen molar-refractivity contribution in [1.29, 1.82) is 10.5 Å². The van der Waals surface area contributed by atoms with Crippen LogP contribution in [0.15, 0.2) is 48.5 Å². The first kappa shape index (κ1) is 14.7. The number of rotatable bonds is 4. The zero-order valence-corrected chi connectivity index (χ0v) is 11.8. The fourth-order valence-electron chi connectivity index (χ4n) is 1.83. The molecule has 0 heterocycles. The zero-order chi connectivity index (χ0) is 15.1. The molecule has 0 saturated carbocycles. The van der Waals surface area contributed by atoms with E-state index in [2.05, 4.69) is 6.07 Å². The molecule has 0 atom stereocenters. The van der Waals surface area contributed by atoms with Crippen LogP contribution in [0.25, 0.3) is 11.6 Å². The molecule has 3 nitrogen and oxygen atoms in total. The van der Waals surface area contributed by atoms with Crippen LogP contribution in [0.2, 0.25) is 5.02 Å². The van der Waals surface area contributed by atoms with E-state index in [-0.39, 0.29) is 6.61 Å². The highest BCUT2D eigenvalue weighted by Gasteiger charge is 2.05. The van der Waals surface area contributed by atoms with Gasteiger partial charge in [-0.2, -0.15) is 10.5 Å². The predicted octanol–water partition coefficient (Wildman–Crippen LogP) is 4.31. The van der Waals surface area contributed by atoms with Gasteiger partial charge in [0.15, 0.2) is 6.61 Å². The maximum Gasteiger partial charge on any atom is 0.174 e. The van der Waals surface area contributed by atoms with Crippen LogP contribution in [0.1, 0.15) is 11.1 Å². The molecule has 0 radical (unpaired) electrons. The molecule has 0 unspecified atom stereocenters. The van der Waals surface area contributed by atoms with Gasteiger partial charge in [-0.15, -0.1) is 0 Å². The fraction of sp³-hybridized carbons (Fsp3) is 0.0588. The first-order valence-corrected chi connectivity index (χ1v) is 6.59. The molecule has 0 spiro atoms. The Bertz CT molecular complexity index is 754. The van der Waals surface area contributed by atoms with E-state index in [1.54, 1.807) is 30.3 Å². The van der Waals surface area contributed by atoms with Crippen molar-refractivity contribution in [3.8, 4) is 17.9 Å². The number of hydrogen-bond acceptors (Lipinski definition) is 3. The summed E-state index contributed by atoms with van der Waals surface area (Å²) in [6.07, 6.45) is 1.72. The summed E-state index contributed by atoms with van der Waals surface area (Å²) in [5, 5.41) is 18.5. The molecule has 0 bridgehead atoms. The second kappa shape index (κ2) is 7.14. The molecule has 0 N–H and O–H groups in total. The molecule has 21 heavy (non-hydrogen) atoms. The normalized spacial score (nSPS) is 10.5. The van der Waals surface area contributed by atoms with Gasteiger partial charge in [0.2, 0.25) is 0 Å². The molecule has 0 aromatic heterocycles. The number of para-hydroxylation sites is 1. The Kier molecular flexibility index (Phi) is 4.99. The van der Waals surface area contributed by atoms with E-state index in [4.69, 9.17) is 21.6 Å². The topological polar surface area (TPSA) is 56.8 Å². The summed E-state index contributed by atoms with van der Waals surface area (Å²) in [4.78, 5) is 0. The van der Waals surface area contributed by atoms with Gasteiger partial charge in [0, 0.05) is 10.6 Å². The van der Waals surface area contributed by atoms with Crippen molar-refractivity contribution in [2.45, 2.75) is 0 Å². The lowest BCUT2D eigenvalue weighted by Crippen LogP contribution is -1.95. The molecule has 4 heteroatoms. The third-order valence-corrected chi connectivity index (χ3v) is 3.00. The van der Waals surface area contributed by atoms with E-state index in [9.17, 15) is 5.26 Å². The predicted molar refractivity (Wildman–Crippen MR) is 82.5 cm³/mol. The number of allylic oxidation sites excluding steroid dienone is 1. The van der Waals surface area contributed by atoms with Crippen molar-refractivity contribution in [2.75, 3.05) is 6.61 Å². The third-order valence-electron chi connectivity index (χ3n) is 2.77. The minimum absolute atomic E-state index is 0.0378. The van der Waals surface area contributed by atoms with Crippen molar-refractivity contribution < 1.29 is 4.74 Å². The van der Waals surface area contributed by atoms with E-state index < -0.39 is 0 Å². The second-order valence-electron chi connectivity index (χ2n) is 4.16. The van der Waals surface area contributed by atoms with Crippen LogP contribution in [0.4, 0.5) is 0 Å².